The first kappa shape index (κ1) is 17.6. The van der Waals surface area contributed by atoms with Crippen molar-refractivity contribution in [2.45, 2.75) is 19.5 Å². The van der Waals surface area contributed by atoms with Gasteiger partial charge in [0.25, 0.3) is 5.91 Å². The quantitative estimate of drug-likeness (QED) is 0.908. The SMILES string of the molecule is CC(NC(=O)c1cccc(CN2CCOCC2)c1)c1ccc(F)cc1. The van der Waals surface area contributed by atoms with Crippen molar-refractivity contribution in [3.05, 3.63) is 71.0 Å². The molecule has 1 aliphatic heterocycles. The minimum absolute atomic E-state index is 0.124. The van der Waals surface area contributed by atoms with Gasteiger partial charge in [-0.05, 0) is 42.3 Å². The summed E-state index contributed by atoms with van der Waals surface area (Å²) in [5.41, 5.74) is 2.63. The molecule has 1 atom stereocenters. The van der Waals surface area contributed by atoms with Crippen LogP contribution in [0.1, 0.15) is 34.5 Å². The predicted octanol–water partition coefficient (Wildman–Crippen LogP) is 3.15. The molecular weight excluding hydrogens is 319 g/mol. The van der Waals surface area contributed by atoms with Crippen molar-refractivity contribution in [2.24, 2.45) is 0 Å². The van der Waals surface area contributed by atoms with Gasteiger partial charge in [0.1, 0.15) is 5.82 Å². The van der Waals surface area contributed by atoms with Crippen molar-refractivity contribution >= 4 is 5.91 Å². The normalized spacial score (nSPS) is 16.4. The summed E-state index contributed by atoms with van der Waals surface area (Å²) in [6, 6.07) is 13.7. The zero-order chi connectivity index (χ0) is 17.6. The Kier molecular flexibility index (Phi) is 5.79. The molecular formula is C20H23FN2O2. The summed E-state index contributed by atoms with van der Waals surface area (Å²) in [4.78, 5) is 14.8. The molecule has 1 amide bonds. The van der Waals surface area contributed by atoms with Crippen LogP contribution in [0.25, 0.3) is 0 Å². The largest absolute Gasteiger partial charge is 0.379 e. The second kappa shape index (κ2) is 8.23. The van der Waals surface area contributed by atoms with Crippen molar-refractivity contribution in [3.8, 4) is 0 Å². The molecule has 0 aromatic heterocycles. The molecule has 5 heteroatoms. The van der Waals surface area contributed by atoms with Gasteiger partial charge in [-0.25, -0.2) is 4.39 Å². The number of carbonyl (C=O) groups is 1. The molecule has 3 rings (SSSR count). The molecule has 2 aromatic carbocycles. The van der Waals surface area contributed by atoms with E-state index >= 15 is 0 Å². The second-order valence-corrected chi connectivity index (χ2v) is 6.34. The maximum absolute atomic E-state index is 13.0. The molecule has 132 valence electrons. The van der Waals surface area contributed by atoms with Crippen LogP contribution in [0, 0.1) is 5.82 Å². The van der Waals surface area contributed by atoms with E-state index in [1.54, 1.807) is 12.1 Å². The Morgan fingerprint density at radius 3 is 2.64 bits per heavy atom. The topological polar surface area (TPSA) is 41.6 Å². The first-order chi connectivity index (χ1) is 12.1. The van der Waals surface area contributed by atoms with Gasteiger partial charge in [-0.3, -0.25) is 9.69 Å². The van der Waals surface area contributed by atoms with Crippen molar-refractivity contribution in [2.75, 3.05) is 26.3 Å². The summed E-state index contributed by atoms with van der Waals surface area (Å²) in [6.07, 6.45) is 0. The summed E-state index contributed by atoms with van der Waals surface area (Å²) >= 11 is 0. The number of nitrogens with one attached hydrogen (secondary N) is 1. The van der Waals surface area contributed by atoms with E-state index in [0.29, 0.717) is 5.56 Å². The number of amides is 1. The maximum Gasteiger partial charge on any atom is 0.251 e. The fourth-order valence-electron chi connectivity index (χ4n) is 2.94. The minimum atomic E-state index is -0.280. The smallest absolute Gasteiger partial charge is 0.251 e. The van der Waals surface area contributed by atoms with Crippen LogP contribution in [0.2, 0.25) is 0 Å². The fraction of sp³-hybridized carbons (Fsp3) is 0.350. The van der Waals surface area contributed by atoms with E-state index in [1.807, 2.05) is 31.2 Å². The zero-order valence-electron chi connectivity index (χ0n) is 14.4. The molecule has 25 heavy (non-hydrogen) atoms. The maximum atomic E-state index is 13.0. The number of hydrogen-bond donors (Lipinski definition) is 1. The van der Waals surface area contributed by atoms with Gasteiger partial charge in [0.05, 0.1) is 19.3 Å². The summed E-state index contributed by atoms with van der Waals surface area (Å²) in [5, 5.41) is 2.97. The standard InChI is InChI=1S/C20H23FN2O2/c1-15(17-5-7-19(21)8-6-17)22-20(24)18-4-2-3-16(13-18)14-23-9-11-25-12-10-23/h2-8,13,15H,9-12,14H2,1H3,(H,22,24). The van der Waals surface area contributed by atoms with E-state index in [2.05, 4.69) is 10.2 Å². The summed E-state index contributed by atoms with van der Waals surface area (Å²) in [6.45, 7) is 6.06. The number of benzene rings is 2. The zero-order valence-corrected chi connectivity index (χ0v) is 14.4. The molecule has 1 unspecified atom stereocenters. The molecule has 1 fully saturated rings. The van der Waals surface area contributed by atoms with Gasteiger partial charge in [0.15, 0.2) is 0 Å². The molecule has 1 aliphatic rings. The Balaban J connectivity index is 1.63. The molecule has 0 radical (unpaired) electrons. The number of ether oxygens (including phenoxy) is 1. The average molecular weight is 342 g/mol. The number of hydrogen-bond acceptors (Lipinski definition) is 3. The number of halogens is 1. The van der Waals surface area contributed by atoms with Crippen LogP contribution in [0.5, 0.6) is 0 Å². The van der Waals surface area contributed by atoms with E-state index in [9.17, 15) is 9.18 Å². The first-order valence-electron chi connectivity index (χ1n) is 8.57. The van der Waals surface area contributed by atoms with Crippen molar-refractivity contribution in [1.29, 1.82) is 0 Å². The van der Waals surface area contributed by atoms with E-state index in [4.69, 9.17) is 4.74 Å². The Morgan fingerprint density at radius 1 is 1.20 bits per heavy atom. The molecule has 1 heterocycles. The molecule has 0 bridgehead atoms. The van der Waals surface area contributed by atoms with Gasteiger partial charge in [-0.15, -0.1) is 0 Å². The van der Waals surface area contributed by atoms with Gasteiger partial charge >= 0.3 is 0 Å². The summed E-state index contributed by atoms with van der Waals surface area (Å²) in [7, 11) is 0. The van der Waals surface area contributed by atoms with Crippen LogP contribution in [0.4, 0.5) is 4.39 Å². The van der Waals surface area contributed by atoms with E-state index in [0.717, 1.165) is 44.0 Å². The highest BCUT2D eigenvalue weighted by molar-refractivity contribution is 5.94. The van der Waals surface area contributed by atoms with Gasteiger partial charge in [-0.2, -0.15) is 0 Å². The Labute approximate surface area is 147 Å². The lowest BCUT2D eigenvalue weighted by atomic mass is 10.1. The van der Waals surface area contributed by atoms with E-state index in [-0.39, 0.29) is 17.8 Å². The summed E-state index contributed by atoms with van der Waals surface area (Å²) in [5.74, 6) is -0.404. The molecule has 1 saturated heterocycles. The third kappa shape index (κ3) is 4.87. The van der Waals surface area contributed by atoms with Crippen LogP contribution in [0.15, 0.2) is 48.5 Å². The number of morpholine rings is 1. The third-order valence-electron chi connectivity index (χ3n) is 4.42. The minimum Gasteiger partial charge on any atom is -0.379 e. The van der Waals surface area contributed by atoms with E-state index in [1.165, 1.54) is 12.1 Å². The highest BCUT2D eigenvalue weighted by Gasteiger charge is 2.14. The Hall–Kier alpha value is -2.24. The second-order valence-electron chi connectivity index (χ2n) is 6.34. The van der Waals surface area contributed by atoms with Crippen LogP contribution in [-0.4, -0.2) is 37.1 Å². The lowest BCUT2D eigenvalue weighted by Crippen LogP contribution is -2.35. The monoisotopic (exact) mass is 342 g/mol. The molecule has 0 aliphatic carbocycles. The van der Waals surface area contributed by atoms with Gasteiger partial charge in [0, 0.05) is 25.2 Å². The molecule has 4 nitrogen and oxygen atoms in total. The molecule has 2 aromatic rings. The van der Waals surface area contributed by atoms with Crippen molar-refractivity contribution in [1.82, 2.24) is 10.2 Å². The number of carbonyl (C=O) groups excluding carboxylic acids is 1. The lowest BCUT2D eigenvalue weighted by Gasteiger charge is -2.26. The number of nitrogens with zero attached hydrogens (tertiary/aromatic N) is 1. The predicted molar refractivity (Wildman–Crippen MR) is 94.8 cm³/mol. The Morgan fingerprint density at radius 2 is 1.92 bits per heavy atom. The van der Waals surface area contributed by atoms with Gasteiger partial charge in [0.2, 0.25) is 0 Å². The highest BCUT2D eigenvalue weighted by Crippen LogP contribution is 2.15. The molecule has 0 spiro atoms. The van der Waals surface area contributed by atoms with Gasteiger partial charge in [-0.1, -0.05) is 24.3 Å². The van der Waals surface area contributed by atoms with Crippen LogP contribution < -0.4 is 5.32 Å². The van der Waals surface area contributed by atoms with Crippen LogP contribution in [-0.2, 0) is 11.3 Å². The first-order valence-corrected chi connectivity index (χ1v) is 8.57. The third-order valence-corrected chi connectivity index (χ3v) is 4.42. The number of rotatable bonds is 5. The van der Waals surface area contributed by atoms with Crippen LogP contribution in [0.3, 0.4) is 0 Å². The van der Waals surface area contributed by atoms with Crippen molar-refractivity contribution in [3.63, 3.8) is 0 Å². The molecule has 1 N–H and O–H groups in total. The lowest BCUT2D eigenvalue weighted by molar-refractivity contribution is 0.0342. The van der Waals surface area contributed by atoms with Gasteiger partial charge < -0.3 is 10.1 Å². The Bertz CT molecular complexity index is 712. The molecule has 0 saturated carbocycles. The van der Waals surface area contributed by atoms with E-state index < -0.39 is 0 Å². The van der Waals surface area contributed by atoms with Crippen LogP contribution >= 0.6 is 0 Å². The van der Waals surface area contributed by atoms with Crippen molar-refractivity contribution < 1.29 is 13.9 Å². The highest BCUT2D eigenvalue weighted by atomic mass is 19.1. The summed E-state index contributed by atoms with van der Waals surface area (Å²) < 4.78 is 18.4. The average Bonchev–Trinajstić information content (AvgIpc) is 2.63. The fourth-order valence-corrected chi connectivity index (χ4v) is 2.94.